The third kappa shape index (κ3) is 6.48. The van der Waals surface area contributed by atoms with Gasteiger partial charge in [0.25, 0.3) is 0 Å². The van der Waals surface area contributed by atoms with Crippen LogP contribution in [0.25, 0.3) is 0 Å². The molecule has 1 atom stereocenters. The first-order chi connectivity index (χ1) is 11.3. The number of rotatable bonds is 7. The van der Waals surface area contributed by atoms with Gasteiger partial charge in [-0.2, -0.15) is 0 Å². The van der Waals surface area contributed by atoms with E-state index < -0.39 is 0 Å². The van der Waals surface area contributed by atoms with Gasteiger partial charge in [-0.25, -0.2) is 0 Å². The number of hydrogen-bond donors (Lipinski definition) is 2. The molecule has 1 aliphatic rings. The molecular weight excluding hydrogens is 288 g/mol. The summed E-state index contributed by atoms with van der Waals surface area (Å²) in [5.41, 5.74) is 0. The van der Waals surface area contributed by atoms with E-state index in [4.69, 9.17) is 4.74 Å². The molecule has 1 aromatic carbocycles. The van der Waals surface area contributed by atoms with E-state index in [1.807, 2.05) is 30.3 Å². The number of likely N-dealkylation sites (tertiary alicyclic amines) is 1. The molecular formula is C18H30N4O. The molecule has 2 N–H and O–H groups in total. The van der Waals surface area contributed by atoms with Crippen molar-refractivity contribution in [2.75, 3.05) is 39.8 Å². The summed E-state index contributed by atoms with van der Waals surface area (Å²) in [6.07, 6.45) is 4.02. The van der Waals surface area contributed by atoms with Gasteiger partial charge in [-0.15, -0.1) is 0 Å². The Bertz CT molecular complexity index is 463. The molecule has 5 nitrogen and oxygen atoms in total. The molecule has 1 saturated heterocycles. The highest BCUT2D eigenvalue weighted by molar-refractivity contribution is 5.79. The Morgan fingerprint density at radius 1 is 1.22 bits per heavy atom. The third-order valence-electron chi connectivity index (χ3n) is 4.26. The molecule has 2 rings (SSSR count). The van der Waals surface area contributed by atoms with Crippen LogP contribution in [0, 0.1) is 0 Å². The molecule has 0 saturated carbocycles. The van der Waals surface area contributed by atoms with Crippen molar-refractivity contribution in [3.63, 3.8) is 0 Å². The number of ether oxygens (including phenoxy) is 1. The van der Waals surface area contributed by atoms with Crippen molar-refractivity contribution in [2.45, 2.75) is 32.2 Å². The molecule has 1 unspecified atom stereocenters. The van der Waals surface area contributed by atoms with E-state index in [0.717, 1.165) is 31.3 Å². The maximum absolute atomic E-state index is 5.66. The van der Waals surface area contributed by atoms with Crippen LogP contribution in [0.5, 0.6) is 5.75 Å². The van der Waals surface area contributed by atoms with E-state index in [1.165, 1.54) is 25.8 Å². The van der Waals surface area contributed by atoms with Crippen LogP contribution in [0.1, 0.15) is 26.2 Å². The van der Waals surface area contributed by atoms with E-state index in [1.54, 1.807) is 7.05 Å². The van der Waals surface area contributed by atoms with Gasteiger partial charge < -0.3 is 15.4 Å². The van der Waals surface area contributed by atoms with Crippen LogP contribution in [0.4, 0.5) is 0 Å². The smallest absolute Gasteiger partial charge is 0.191 e. The van der Waals surface area contributed by atoms with Crippen LogP contribution in [-0.2, 0) is 0 Å². The van der Waals surface area contributed by atoms with Crippen LogP contribution in [0.15, 0.2) is 35.3 Å². The number of benzene rings is 1. The maximum atomic E-state index is 5.66. The van der Waals surface area contributed by atoms with Crippen molar-refractivity contribution in [3.05, 3.63) is 30.3 Å². The van der Waals surface area contributed by atoms with Gasteiger partial charge in [-0.1, -0.05) is 24.6 Å². The van der Waals surface area contributed by atoms with Gasteiger partial charge in [-0.05, 0) is 38.4 Å². The van der Waals surface area contributed by atoms with Gasteiger partial charge >= 0.3 is 0 Å². The van der Waals surface area contributed by atoms with E-state index in [0.29, 0.717) is 12.6 Å². The Balaban J connectivity index is 1.58. The van der Waals surface area contributed by atoms with Crippen molar-refractivity contribution >= 4 is 5.96 Å². The summed E-state index contributed by atoms with van der Waals surface area (Å²) in [4.78, 5) is 6.81. The van der Waals surface area contributed by atoms with Gasteiger partial charge in [0, 0.05) is 26.2 Å². The lowest BCUT2D eigenvalue weighted by molar-refractivity contribution is 0.163. The lowest BCUT2D eigenvalue weighted by Crippen LogP contribution is -2.45. The number of nitrogens with one attached hydrogen (secondary N) is 2. The highest BCUT2D eigenvalue weighted by atomic mass is 16.5. The van der Waals surface area contributed by atoms with Crippen LogP contribution >= 0.6 is 0 Å². The zero-order valence-electron chi connectivity index (χ0n) is 14.4. The molecule has 1 fully saturated rings. The van der Waals surface area contributed by atoms with Crippen molar-refractivity contribution in [1.29, 1.82) is 0 Å². The first-order valence-corrected chi connectivity index (χ1v) is 8.66. The monoisotopic (exact) mass is 318 g/mol. The van der Waals surface area contributed by atoms with Crippen LogP contribution in [0.2, 0.25) is 0 Å². The second-order valence-corrected chi connectivity index (χ2v) is 5.97. The number of aliphatic imine (C=N–C) groups is 1. The van der Waals surface area contributed by atoms with Crippen LogP contribution in [0.3, 0.4) is 0 Å². The predicted molar refractivity (Wildman–Crippen MR) is 96.2 cm³/mol. The number of nitrogens with zero attached hydrogens (tertiary/aromatic N) is 2. The number of hydrogen-bond acceptors (Lipinski definition) is 3. The first-order valence-electron chi connectivity index (χ1n) is 8.66. The summed E-state index contributed by atoms with van der Waals surface area (Å²) in [5, 5.41) is 6.66. The van der Waals surface area contributed by atoms with Crippen molar-refractivity contribution in [1.82, 2.24) is 15.5 Å². The number of para-hydroxylation sites is 1. The maximum Gasteiger partial charge on any atom is 0.191 e. The molecule has 0 radical (unpaired) electrons. The molecule has 1 aromatic rings. The Morgan fingerprint density at radius 2 is 2.00 bits per heavy atom. The predicted octanol–water partition coefficient (Wildman–Crippen LogP) is 2.10. The highest BCUT2D eigenvalue weighted by Gasteiger charge is 2.17. The van der Waals surface area contributed by atoms with Crippen LogP contribution in [-0.4, -0.2) is 56.7 Å². The van der Waals surface area contributed by atoms with Crippen molar-refractivity contribution in [3.8, 4) is 5.75 Å². The molecule has 0 aliphatic carbocycles. The lowest BCUT2D eigenvalue weighted by atomic mass is 10.0. The van der Waals surface area contributed by atoms with Crippen molar-refractivity contribution in [2.24, 2.45) is 4.99 Å². The zero-order chi connectivity index (χ0) is 16.3. The Morgan fingerprint density at radius 3 is 2.74 bits per heavy atom. The minimum absolute atomic E-state index is 0.619. The highest BCUT2D eigenvalue weighted by Crippen LogP contribution is 2.15. The van der Waals surface area contributed by atoms with E-state index in [2.05, 4.69) is 27.4 Å². The standard InChI is InChI=1S/C18H30N4O/c1-16-8-6-7-13-22(16)14-11-20-18(19-2)21-12-15-23-17-9-4-3-5-10-17/h3-5,9-10,16H,6-8,11-15H2,1-2H3,(H2,19,20,21). The van der Waals surface area contributed by atoms with Gasteiger partial charge in [0.1, 0.15) is 12.4 Å². The molecule has 1 aliphatic heterocycles. The average molecular weight is 318 g/mol. The summed E-state index contributed by atoms with van der Waals surface area (Å²) < 4.78 is 5.66. The number of guanidine groups is 1. The second-order valence-electron chi connectivity index (χ2n) is 5.97. The Kier molecular flexibility index (Phi) is 7.73. The third-order valence-corrected chi connectivity index (χ3v) is 4.26. The fourth-order valence-corrected chi connectivity index (χ4v) is 2.88. The summed E-state index contributed by atoms with van der Waals surface area (Å²) in [6.45, 7) is 6.89. The minimum Gasteiger partial charge on any atom is -0.492 e. The minimum atomic E-state index is 0.619. The molecule has 0 spiro atoms. The Hall–Kier alpha value is -1.75. The SMILES string of the molecule is CN=C(NCCOc1ccccc1)NCCN1CCCCC1C. The van der Waals surface area contributed by atoms with E-state index in [9.17, 15) is 0 Å². The normalized spacial score (nSPS) is 19.4. The zero-order valence-corrected chi connectivity index (χ0v) is 14.4. The summed E-state index contributed by atoms with van der Waals surface area (Å²) in [6, 6.07) is 10.6. The largest absolute Gasteiger partial charge is 0.492 e. The summed E-state index contributed by atoms with van der Waals surface area (Å²) in [5.74, 6) is 1.74. The molecule has 23 heavy (non-hydrogen) atoms. The van der Waals surface area contributed by atoms with Gasteiger partial charge in [0.05, 0.1) is 6.54 Å². The molecule has 128 valence electrons. The van der Waals surface area contributed by atoms with Crippen molar-refractivity contribution < 1.29 is 4.74 Å². The fraction of sp³-hybridized carbons (Fsp3) is 0.611. The molecule has 1 heterocycles. The topological polar surface area (TPSA) is 48.9 Å². The lowest BCUT2D eigenvalue weighted by Gasteiger charge is -2.33. The Labute approximate surface area is 140 Å². The van der Waals surface area contributed by atoms with Gasteiger partial charge in [0.2, 0.25) is 0 Å². The molecule has 5 heteroatoms. The fourth-order valence-electron chi connectivity index (χ4n) is 2.88. The molecule has 0 aromatic heterocycles. The van der Waals surface area contributed by atoms with E-state index >= 15 is 0 Å². The first kappa shape index (κ1) is 17.6. The van der Waals surface area contributed by atoms with Gasteiger partial charge in [-0.3, -0.25) is 9.89 Å². The number of piperidine rings is 1. The molecule has 0 amide bonds. The second kappa shape index (κ2) is 10.1. The van der Waals surface area contributed by atoms with E-state index in [-0.39, 0.29) is 0 Å². The molecule has 0 bridgehead atoms. The van der Waals surface area contributed by atoms with Gasteiger partial charge in [0.15, 0.2) is 5.96 Å². The summed E-state index contributed by atoms with van der Waals surface area (Å²) >= 11 is 0. The van der Waals surface area contributed by atoms with Crippen LogP contribution < -0.4 is 15.4 Å². The quantitative estimate of drug-likeness (QED) is 0.459. The summed E-state index contributed by atoms with van der Waals surface area (Å²) in [7, 11) is 1.80. The average Bonchev–Trinajstić information content (AvgIpc) is 2.59.